The van der Waals surface area contributed by atoms with Crippen LogP contribution < -0.4 is 4.74 Å². The molecule has 1 aromatic heterocycles. The van der Waals surface area contributed by atoms with Gasteiger partial charge in [-0.15, -0.1) is 0 Å². The van der Waals surface area contributed by atoms with E-state index in [-0.39, 0.29) is 33.7 Å². The van der Waals surface area contributed by atoms with Crippen molar-refractivity contribution in [1.29, 1.82) is 0 Å². The molecule has 21 heavy (non-hydrogen) atoms. The number of nitro groups is 2. The van der Waals surface area contributed by atoms with Crippen molar-refractivity contribution in [3.63, 3.8) is 0 Å². The zero-order valence-corrected chi connectivity index (χ0v) is 11.4. The highest BCUT2D eigenvalue weighted by atomic mass is 35.5. The third kappa shape index (κ3) is 3.06. The van der Waals surface area contributed by atoms with Crippen LogP contribution in [0.15, 0.2) is 30.3 Å². The van der Waals surface area contributed by atoms with Crippen molar-refractivity contribution in [2.75, 3.05) is 0 Å². The van der Waals surface area contributed by atoms with E-state index in [2.05, 4.69) is 4.98 Å². The normalized spacial score (nSPS) is 10.2. The molecule has 0 saturated heterocycles. The summed E-state index contributed by atoms with van der Waals surface area (Å²) >= 11 is 5.69. The molecule has 0 unspecified atom stereocenters. The molecule has 0 fully saturated rings. The molecule has 108 valence electrons. The molecule has 2 aromatic rings. The van der Waals surface area contributed by atoms with Crippen molar-refractivity contribution in [2.45, 2.75) is 6.92 Å². The summed E-state index contributed by atoms with van der Waals surface area (Å²) in [7, 11) is 0. The van der Waals surface area contributed by atoms with Gasteiger partial charge in [-0.3, -0.25) is 20.2 Å². The smallest absolute Gasteiger partial charge is 0.331 e. The van der Waals surface area contributed by atoms with Gasteiger partial charge in [-0.2, -0.15) is 4.98 Å². The van der Waals surface area contributed by atoms with Crippen LogP contribution in [0, 0.1) is 27.2 Å². The van der Waals surface area contributed by atoms with Gasteiger partial charge in [0.2, 0.25) is 0 Å². The Morgan fingerprint density at radius 1 is 1.10 bits per heavy atom. The summed E-state index contributed by atoms with van der Waals surface area (Å²) in [4.78, 5) is 24.3. The number of aromatic nitrogens is 1. The molecule has 0 bridgehead atoms. The number of hydrogen-bond acceptors (Lipinski definition) is 6. The molecule has 0 atom stereocenters. The lowest BCUT2D eigenvalue weighted by Crippen LogP contribution is -1.99. The molecule has 0 N–H and O–H groups in total. The first-order valence-electron chi connectivity index (χ1n) is 5.63. The molecule has 9 heteroatoms. The molecular formula is C12H8ClN3O5. The number of ether oxygens (including phenoxy) is 1. The lowest BCUT2D eigenvalue weighted by atomic mass is 10.2. The molecule has 0 radical (unpaired) electrons. The first kappa shape index (κ1) is 14.7. The number of nitro benzene ring substituents is 1. The predicted molar refractivity (Wildman–Crippen MR) is 73.8 cm³/mol. The minimum Gasteiger partial charge on any atom is -0.433 e. The van der Waals surface area contributed by atoms with Crippen molar-refractivity contribution in [3.05, 3.63) is 61.3 Å². The van der Waals surface area contributed by atoms with Crippen LogP contribution in [0.5, 0.6) is 11.6 Å². The standard InChI is InChI=1S/C12H8ClN3O5/c1-7-8(15(17)18)3-2-4-10(7)21-12-9(16(19)20)5-6-11(13)14-12/h2-6H,1H3. The molecule has 0 aliphatic carbocycles. The van der Waals surface area contributed by atoms with Crippen LogP contribution in [-0.4, -0.2) is 14.8 Å². The second-order valence-electron chi connectivity index (χ2n) is 3.97. The maximum absolute atomic E-state index is 10.9. The summed E-state index contributed by atoms with van der Waals surface area (Å²) in [5.41, 5.74) is -0.305. The van der Waals surface area contributed by atoms with Crippen LogP contribution in [0.2, 0.25) is 5.15 Å². The molecule has 0 aliphatic rings. The Kier molecular flexibility index (Phi) is 3.99. The van der Waals surface area contributed by atoms with E-state index in [4.69, 9.17) is 16.3 Å². The van der Waals surface area contributed by atoms with Crippen molar-refractivity contribution in [1.82, 2.24) is 4.98 Å². The van der Waals surface area contributed by atoms with Gasteiger partial charge in [0.25, 0.3) is 5.69 Å². The summed E-state index contributed by atoms with van der Waals surface area (Å²) in [5, 5.41) is 21.8. The molecule has 8 nitrogen and oxygen atoms in total. The molecule has 0 saturated carbocycles. The van der Waals surface area contributed by atoms with E-state index in [1.165, 1.54) is 31.2 Å². The summed E-state index contributed by atoms with van der Waals surface area (Å²) in [6, 6.07) is 6.58. The Labute approximate surface area is 123 Å². The van der Waals surface area contributed by atoms with E-state index < -0.39 is 9.85 Å². The second-order valence-corrected chi connectivity index (χ2v) is 4.36. The third-order valence-corrected chi connectivity index (χ3v) is 2.87. The molecule has 0 aliphatic heterocycles. The van der Waals surface area contributed by atoms with Gasteiger partial charge in [-0.1, -0.05) is 17.7 Å². The minimum atomic E-state index is -0.675. The van der Waals surface area contributed by atoms with E-state index >= 15 is 0 Å². The van der Waals surface area contributed by atoms with E-state index in [1.54, 1.807) is 0 Å². The Balaban J connectivity index is 2.48. The van der Waals surface area contributed by atoms with Crippen LogP contribution >= 0.6 is 11.6 Å². The van der Waals surface area contributed by atoms with Crippen molar-refractivity contribution >= 4 is 23.0 Å². The van der Waals surface area contributed by atoms with Crippen LogP contribution in [-0.2, 0) is 0 Å². The van der Waals surface area contributed by atoms with Gasteiger partial charge in [-0.25, -0.2) is 0 Å². The van der Waals surface area contributed by atoms with Gasteiger partial charge in [0, 0.05) is 12.1 Å². The highest BCUT2D eigenvalue weighted by Crippen LogP contribution is 2.34. The molecular weight excluding hydrogens is 302 g/mol. The van der Waals surface area contributed by atoms with Crippen LogP contribution in [0.3, 0.4) is 0 Å². The first-order valence-corrected chi connectivity index (χ1v) is 6.00. The van der Waals surface area contributed by atoms with Crippen molar-refractivity contribution in [2.24, 2.45) is 0 Å². The van der Waals surface area contributed by atoms with E-state index in [0.29, 0.717) is 0 Å². The van der Waals surface area contributed by atoms with Crippen LogP contribution in [0.1, 0.15) is 5.56 Å². The molecule has 1 aromatic carbocycles. The molecule has 1 heterocycles. The van der Waals surface area contributed by atoms with E-state index in [9.17, 15) is 20.2 Å². The Bertz CT molecular complexity index is 735. The monoisotopic (exact) mass is 309 g/mol. The fraction of sp³-hybridized carbons (Fsp3) is 0.0833. The highest BCUT2D eigenvalue weighted by Gasteiger charge is 2.21. The Hall–Kier alpha value is -2.74. The summed E-state index contributed by atoms with van der Waals surface area (Å²) in [5.74, 6) is -0.224. The van der Waals surface area contributed by atoms with E-state index in [0.717, 1.165) is 6.07 Å². The SMILES string of the molecule is Cc1c(Oc2nc(Cl)ccc2[N+](=O)[O-])cccc1[N+](=O)[O-]. The van der Waals surface area contributed by atoms with Gasteiger partial charge in [-0.05, 0) is 19.1 Å². The lowest BCUT2D eigenvalue weighted by molar-refractivity contribution is -0.386. The quantitative estimate of drug-likeness (QED) is 0.484. The zero-order chi connectivity index (χ0) is 15.6. The third-order valence-electron chi connectivity index (χ3n) is 2.66. The number of hydrogen-bond donors (Lipinski definition) is 0. The maximum atomic E-state index is 10.9. The summed E-state index contributed by atoms with van der Waals surface area (Å²) in [6.07, 6.45) is 0. The molecule has 0 spiro atoms. The predicted octanol–water partition coefficient (Wildman–Crippen LogP) is 3.65. The summed E-state index contributed by atoms with van der Waals surface area (Å²) < 4.78 is 5.33. The maximum Gasteiger partial charge on any atom is 0.331 e. The lowest BCUT2D eigenvalue weighted by Gasteiger charge is -2.08. The Morgan fingerprint density at radius 2 is 1.76 bits per heavy atom. The number of pyridine rings is 1. The second kappa shape index (κ2) is 5.71. The van der Waals surface area contributed by atoms with Gasteiger partial charge < -0.3 is 4.74 Å². The van der Waals surface area contributed by atoms with Gasteiger partial charge in [0.05, 0.1) is 15.4 Å². The van der Waals surface area contributed by atoms with Crippen LogP contribution in [0.25, 0.3) is 0 Å². The van der Waals surface area contributed by atoms with Crippen LogP contribution in [0.4, 0.5) is 11.4 Å². The summed E-state index contributed by atoms with van der Waals surface area (Å²) in [6.45, 7) is 1.48. The topological polar surface area (TPSA) is 108 Å². The minimum absolute atomic E-state index is 0.0127. The van der Waals surface area contributed by atoms with Crippen molar-refractivity contribution < 1.29 is 14.6 Å². The van der Waals surface area contributed by atoms with Gasteiger partial charge in [0.1, 0.15) is 10.9 Å². The van der Waals surface area contributed by atoms with Crippen molar-refractivity contribution in [3.8, 4) is 11.6 Å². The number of halogens is 1. The number of rotatable bonds is 4. The fourth-order valence-electron chi connectivity index (χ4n) is 1.64. The van der Waals surface area contributed by atoms with Gasteiger partial charge in [0.15, 0.2) is 0 Å². The number of benzene rings is 1. The largest absolute Gasteiger partial charge is 0.433 e. The fourth-order valence-corrected chi connectivity index (χ4v) is 1.78. The Morgan fingerprint density at radius 3 is 2.38 bits per heavy atom. The zero-order valence-electron chi connectivity index (χ0n) is 10.6. The van der Waals surface area contributed by atoms with E-state index in [1.807, 2.05) is 0 Å². The number of nitrogens with zero attached hydrogens (tertiary/aromatic N) is 3. The average molecular weight is 310 g/mol. The van der Waals surface area contributed by atoms with Gasteiger partial charge >= 0.3 is 11.6 Å². The highest BCUT2D eigenvalue weighted by molar-refractivity contribution is 6.29. The first-order chi connectivity index (χ1) is 9.90. The molecule has 0 amide bonds. The molecule has 2 rings (SSSR count). The average Bonchev–Trinajstić information content (AvgIpc) is 2.40.